The molecule has 0 radical (unpaired) electrons. The Labute approximate surface area is 152 Å². The number of H-pyrrole nitrogens is 1. The minimum atomic E-state index is -0.734. The van der Waals surface area contributed by atoms with E-state index < -0.39 is 17.1 Å². The maximum Gasteiger partial charge on any atom is 0.331 e. The summed E-state index contributed by atoms with van der Waals surface area (Å²) in [6.07, 6.45) is 1.97. The summed E-state index contributed by atoms with van der Waals surface area (Å²) in [6, 6.07) is 3.43. The molecule has 3 rings (SSSR count). The molecule has 1 aliphatic heterocycles. The van der Waals surface area contributed by atoms with Crippen LogP contribution in [0.5, 0.6) is 5.88 Å². The van der Waals surface area contributed by atoms with E-state index in [4.69, 9.17) is 0 Å². The summed E-state index contributed by atoms with van der Waals surface area (Å²) in [6.45, 7) is 5.30. The number of aromatic nitrogens is 2. The van der Waals surface area contributed by atoms with E-state index in [1.54, 1.807) is 6.92 Å². The summed E-state index contributed by atoms with van der Waals surface area (Å²) >= 11 is 1.49. The normalized spacial score (nSPS) is 16.6. The zero-order chi connectivity index (χ0) is 18.8. The highest BCUT2D eigenvalue weighted by molar-refractivity contribution is 7.10. The van der Waals surface area contributed by atoms with Crippen molar-refractivity contribution in [2.24, 2.45) is 5.10 Å². The maximum absolute atomic E-state index is 12.3. The molecule has 2 aromatic heterocycles. The predicted molar refractivity (Wildman–Crippen MR) is 98.5 cm³/mol. The fraction of sp³-hybridized carbons (Fsp3) is 0.294. The lowest BCUT2D eigenvalue weighted by molar-refractivity contribution is -0.132. The van der Waals surface area contributed by atoms with Gasteiger partial charge in [-0.25, -0.2) is 9.80 Å². The third-order valence-corrected chi connectivity index (χ3v) is 5.09. The van der Waals surface area contributed by atoms with Crippen molar-refractivity contribution in [3.05, 3.63) is 61.4 Å². The van der Waals surface area contributed by atoms with Crippen molar-refractivity contribution >= 4 is 23.0 Å². The highest BCUT2D eigenvalue weighted by atomic mass is 32.1. The molecular formula is C17H18N4O4S. The van der Waals surface area contributed by atoms with Gasteiger partial charge in [-0.05, 0) is 11.4 Å². The number of aromatic amines is 1. The van der Waals surface area contributed by atoms with Crippen LogP contribution in [0.25, 0.3) is 0 Å². The van der Waals surface area contributed by atoms with Crippen LogP contribution < -0.4 is 11.2 Å². The number of carbonyl (C=O) groups excluding carboxylic acids is 1. The van der Waals surface area contributed by atoms with Crippen molar-refractivity contribution < 1.29 is 9.90 Å². The van der Waals surface area contributed by atoms with Gasteiger partial charge in [0.25, 0.3) is 5.56 Å². The zero-order valence-corrected chi connectivity index (χ0v) is 15.0. The van der Waals surface area contributed by atoms with Crippen molar-refractivity contribution in [1.29, 1.82) is 0 Å². The fourth-order valence-corrected chi connectivity index (χ4v) is 3.69. The molecule has 1 atom stereocenters. The van der Waals surface area contributed by atoms with Crippen molar-refractivity contribution in [3.63, 3.8) is 0 Å². The lowest BCUT2D eigenvalue weighted by atomic mass is 10.0. The summed E-state index contributed by atoms with van der Waals surface area (Å²) in [5.41, 5.74) is -1.30. The van der Waals surface area contributed by atoms with Crippen LogP contribution in [0.2, 0.25) is 0 Å². The highest BCUT2D eigenvalue weighted by Crippen LogP contribution is 2.35. The third kappa shape index (κ3) is 3.01. The first kappa shape index (κ1) is 17.9. The molecule has 0 spiro atoms. The van der Waals surface area contributed by atoms with Crippen molar-refractivity contribution in [2.45, 2.75) is 32.4 Å². The first-order valence-corrected chi connectivity index (χ1v) is 8.96. The minimum absolute atomic E-state index is 0.0354. The molecule has 0 bridgehead atoms. The second kappa shape index (κ2) is 7.12. The van der Waals surface area contributed by atoms with Gasteiger partial charge >= 0.3 is 5.69 Å². The topological polar surface area (TPSA) is 108 Å². The van der Waals surface area contributed by atoms with E-state index in [0.717, 1.165) is 9.44 Å². The number of hydrazone groups is 1. The number of hydrogen-bond acceptors (Lipinski definition) is 6. The summed E-state index contributed by atoms with van der Waals surface area (Å²) in [7, 11) is 0. The highest BCUT2D eigenvalue weighted by Gasteiger charge is 2.35. The molecule has 0 aliphatic carbocycles. The Morgan fingerprint density at radius 2 is 2.31 bits per heavy atom. The molecule has 0 saturated carbocycles. The number of aromatic hydroxyl groups is 1. The molecule has 0 saturated heterocycles. The van der Waals surface area contributed by atoms with Gasteiger partial charge in [0.05, 0.1) is 11.8 Å². The predicted octanol–water partition coefficient (Wildman–Crippen LogP) is 1.58. The van der Waals surface area contributed by atoms with Gasteiger partial charge in [-0.2, -0.15) is 5.10 Å². The Hall–Kier alpha value is -2.94. The SMILES string of the molecule is C=CCn1c(O)c(C2=NN(C(=O)CC)C(c3cccs3)C2)c(=O)[nH]c1=O. The molecule has 1 amide bonds. The van der Waals surface area contributed by atoms with Gasteiger partial charge in [0, 0.05) is 24.3 Å². The van der Waals surface area contributed by atoms with Gasteiger partial charge < -0.3 is 5.11 Å². The third-order valence-electron chi connectivity index (χ3n) is 4.11. The molecule has 8 nitrogen and oxygen atoms in total. The van der Waals surface area contributed by atoms with Crippen LogP contribution >= 0.6 is 11.3 Å². The number of thiophene rings is 1. The number of amides is 1. The molecule has 0 fully saturated rings. The van der Waals surface area contributed by atoms with Crippen LogP contribution in [-0.4, -0.2) is 31.3 Å². The minimum Gasteiger partial charge on any atom is -0.494 e. The number of carbonyl (C=O) groups is 1. The molecule has 2 N–H and O–H groups in total. The average Bonchev–Trinajstić information content (AvgIpc) is 3.27. The molecule has 1 aliphatic rings. The Morgan fingerprint density at radius 1 is 1.54 bits per heavy atom. The van der Waals surface area contributed by atoms with Gasteiger partial charge in [0.15, 0.2) is 0 Å². The summed E-state index contributed by atoms with van der Waals surface area (Å²) < 4.78 is 0.997. The molecule has 136 valence electrons. The summed E-state index contributed by atoms with van der Waals surface area (Å²) in [4.78, 5) is 39.6. The number of allylic oxidation sites excluding steroid dienone is 1. The van der Waals surface area contributed by atoms with Crippen molar-refractivity contribution in [3.8, 4) is 5.88 Å². The van der Waals surface area contributed by atoms with Crippen molar-refractivity contribution in [1.82, 2.24) is 14.6 Å². The van der Waals surface area contributed by atoms with Crippen LogP contribution in [0.1, 0.15) is 36.2 Å². The standard InChI is InChI=1S/C17H18N4O4S/c1-3-7-20-16(24)14(15(23)18-17(20)25)10-9-11(12-6-5-8-26-12)21(19-10)13(22)4-2/h3,5-6,8,11,24H,1,4,7,9H2,2H3,(H,18,23,25). The Kier molecular flexibility index (Phi) is 4.90. The second-order valence-electron chi connectivity index (χ2n) is 5.73. The van der Waals surface area contributed by atoms with Crippen LogP contribution in [0.4, 0.5) is 0 Å². The van der Waals surface area contributed by atoms with Gasteiger partial charge in [-0.1, -0.05) is 19.1 Å². The van der Waals surface area contributed by atoms with Gasteiger partial charge in [-0.3, -0.25) is 19.1 Å². The Bertz CT molecular complexity index is 987. The fourth-order valence-electron chi connectivity index (χ4n) is 2.87. The number of rotatable bonds is 5. The van der Waals surface area contributed by atoms with E-state index in [2.05, 4.69) is 16.7 Å². The molecule has 2 aromatic rings. The first-order chi connectivity index (χ1) is 12.5. The smallest absolute Gasteiger partial charge is 0.331 e. The van der Waals surface area contributed by atoms with Gasteiger partial charge in [-0.15, -0.1) is 17.9 Å². The van der Waals surface area contributed by atoms with E-state index in [-0.39, 0.29) is 42.6 Å². The monoisotopic (exact) mass is 374 g/mol. The molecule has 26 heavy (non-hydrogen) atoms. The van der Waals surface area contributed by atoms with Crippen LogP contribution in [0.15, 0.2) is 44.9 Å². The molecule has 3 heterocycles. The second-order valence-corrected chi connectivity index (χ2v) is 6.71. The van der Waals surface area contributed by atoms with Gasteiger partial charge in [0.2, 0.25) is 11.8 Å². The lowest BCUT2D eigenvalue weighted by Gasteiger charge is -2.19. The average molecular weight is 374 g/mol. The largest absolute Gasteiger partial charge is 0.494 e. The van der Waals surface area contributed by atoms with E-state index in [1.807, 2.05) is 17.5 Å². The van der Waals surface area contributed by atoms with Crippen LogP contribution in [0.3, 0.4) is 0 Å². The van der Waals surface area contributed by atoms with Crippen molar-refractivity contribution in [2.75, 3.05) is 0 Å². The van der Waals surface area contributed by atoms with E-state index in [0.29, 0.717) is 0 Å². The lowest BCUT2D eigenvalue weighted by Crippen LogP contribution is -2.33. The van der Waals surface area contributed by atoms with E-state index >= 15 is 0 Å². The maximum atomic E-state index is 12.3. The van der Waals surface area contributed by atoms with E-state index in [1.165, 1.54) is 22.4 Å². The molecule has 9 heteroatoms. The number of nitrogens with one attached hydrogen (secondary N) is 1. The van der Waals surface area contributed by atoms with Crippen LogP contribution in [-0.2, 0) is 11.3 Å². The summed E-state index contributed by atoms with van der Waals surface area (Å²) in [5.74, 6) is -0.665. The molecule has 1 unspecified atom stereocenters. The number of nitrogens with zero attached hydrogens (tertiary/aromatic N) is 3. The summed E-state index contributed by atoms with van der Waals surface area (Å²) in [5, 5.41) is 18.0. The quantitative estimate of drug-likeness (QED) is 0.775. The van der Waals surface area contributed by atoms with Crippen LogP contribution in [0, 0.1) is 0 Å². The van der Waals surface area contributed by atoms with Gasteiger partial charge in [0.1, 0.15) is 5.56 Å². The molecule has 0 aromatic carbocycles. The molecular weight excluding hydrogens is 356 g/mol. The van der Waals surface area contributed by atoms with E-state index in [9.17, 15) is 19.5 Å². The Balaban J connectivity index is 2.11. The Morgan fingerprint density at radius 3 is 2.92 bits per heavy atom. The number of hydrogen-bond donors (Lipinski definition) is 2. The zero-order valence-electron chi connectivity index (χ0n) is 14.1. The first-order valence-electron chi connectivity index (χ1n) is 8.08.